The minimum atomic E-state index is 0.471. The fraction of sp³-hybridized carbons (Fsp3) is 1.00. The van der Waals surface area contributed by atoms with Gasteiger partial charge in [0.1, 0.15) is 0 Å². The van der Waals surface area contributed by atoms with Crippen molar-refractivity contribution in [3.8, 4) is 0 Å². The topological polar surface area (TPSA) is 15.3 Å². The summed E-state index contributed by atoms with van der Waals surface area (Å²) < 4.78 is 0. The van der Waals surface area contributed by atoms with Crippen LogP contribution in [-0.2, 0) is 0 Å². The van der Waals surface area contributed by atoms with Crippen molar-refractivity contribution < 1.29 is 0 Å². The van der Waals surface area contributed by atoms with E-state index in [1.54, 1.807) is 0 Å². The molecule has 0 saturated heterocycles. The summed E-state index contributed by atoms with van der Waals surface area (Å²) >= 11 is 0. The van der Waals surface area contributed by atoms with Gasteiger partial charge in [-0.1, -0.05) is 34.6 Å². The van der Waals surface area contributed by atoms with Gasteiger partial charge in [0.25, 0.3) is 0 Å². The van der Waals surface area contributed by atoms with Crippen LogP contribution in [-0.4, -0.2) is 37.6 Å². The molecule has 0 spiro atoms. The number of nitrogens with one attached hydrogen (secondary N) is 1. The zero-order valence-electron chi connectivity index (χ0n) is 14.1. The molecule has 3 atom stereocenters. The van der Waals surface area contributed by atoms with Crippen molar-refractivity contribution in [2.45, 2.75) is 66.3 Å². The quantitative estimate of drug-likeness (QED) is 0.789. The van der Waals surface area contributed by atoms with Gasteiger partial charge in [0, 0.05) is 12.6 Å². The molecule has 1 aliphatic carbocycles. The highest BCUT2D eigenvalue weighted by atomic mass is 15.1. The van der Waals surface area contributed by atoms with E-state index in [0.29, 0.717) is 5.41 Å². The Morgan fingerprint density at radius 1 is 1.16 bits per heavy atom. The molecule has 0 aliphatic heterocycles. The Balaban J connectivity index is 2.63. The first kappa shape index (κ1) is 17.0. The average molecular weight is 268 g/mol. The van der Waals surface area contributed by atoms with Gasteiger partial charge in [-0.05, 0) is 63.1 Å². The predicted molar refractivity (Wildman–Crippen MR) is 85.5 cm³/mol. The molecule has 1 saturated carbocycles. The zero-order chi connectivity index (χ0) is 14.5. The van der Waals surface area contributed by atoms with E-state index in [9.17, 15) is 0 Å². The molecule has 1 rings (SSSR count). The van der Waals surface area contributed by atoms with Gasteiger partial charge in [0.15, 0.2) is 0 Å². The predicted octanol–water partition coefficient (Wildman–Crippen LogP) is 3.77. The van der Waals surface area contributed by atoms with E-state index >= 15 is 0 Å². The fourth-order valence-corrected chi connectivity index (χ4v) is 3.38. The van der Waals surface area contributed by atoms with E-state index in [1.165, 1.54) is 38.8 Å². The molecule has 0 radical (unpaired) electrons. The monoisotopic (exact) mass is 268 g/mol. The summed E-state index contributed by atoms with van der Waals surface area (Å²) in [6, 6.07) is 0.743. The first-order valence-electron chi connectivity index (χ1n) is 8.30. The number of nitrogens with zero attached hydrogens (tertiary/aromatic N) is 1. The molecule has 2 nitrogen and oxygen atoms in total. The van der Waals surface area contributed by atoms with Gasteiger partial charge in [0.2, 0.25) is 0 Å². The van der Waals surface area contributed by atoms with Crippen molar-refractivity contribution in [2.75, 3.05) is 26.7 Å². The molecular weight excluding hydrogens is 232 g/mol. The lowest BCUT2D eigenvalue weighted by molar-refractivity contribution is 0.0946. The van der Waals surface area contributed by atoms with Crippen LogP contribution in [0.4, 0.5) is 0 Å². The maximum atomic E-state index is 3.80. The number of rotatable bonds is 6. The second-order valence-electron chi connectivity index (χ2n) is 7.55. The molecule has 0 aromatic heterocycles. The fourth-order valence-electron chi connectivity index (χ4n) is 3.38. The summed E-state index contributed by atoms with van der Waals surface area (Å²) in [6.45, 7) is 15.4. The number of hydrogen-bond acceptors (Lipinski definition) is 2. The van der Waals surface area contributed by atoms with Gasteiger partial charge in [-0.2, -0.15) is 0 Å². The first-order chi connectivity index (χ1) is 8.88. The summed E-state index contributed by atoms with van der Waals surface area (Å²) in [5.74, 6) is 1.72. The van der Waals surface area contributed by atoms with Crippen molar-refractivity contribution in [1.29, 1.82) is 0 Å². The van der Waals surface area contributed by atoms with Gasteiger partial charge in [-0.25, -0.2) is 0 Å². The Morgan fingerprint density at radius 3 is 2.37 bits per heavy atom. The van der Waals surface area contributed by atoms with Gasteiger partial charge in [-0.15, -0.1) is 0 Å². The van der Waals surface area contributed by atoms with Crippen LogP contribution in [0.1, 0.15) is 60.3 Å². The maximum Gasteiger partial charge on any atom is 0.0108 e. The maximum absolute atomic E-state index is 3.80. The van der Waals surface area contributed by atoms with Crippen molar-refractivity contribution in [2.24, 2.45) is 17.3 Å². The van der Waals surface area contributed by atoms with Crippen LogP contribution in [0.25, 0.3) is 0 Å². The molecular formula is C17H36N2. The van der Waals surface area contributed by atoms with Gasteiger partial charge >= 0.3 is 0 Å². The molecule has 1 aliphatic rings. The molecule has 0 aromatic rings. The van der Waals surface area contributed by atoms with Crippen LogP contribution in [0, 0.1) is 17.3 Å². The van der Waals surface area contributed by atoms with E-state index in [-0.39, 0.29) is 0 Å². The molecule has 0 aromatic carbocycles. The van der Waals surface area contributed by atoms with Crippen molar-refractivity contribution in [3.05, 3.63) is 0 Å². The highest BCUT2D eigenvalue weighted by Gasteiger charge is 2.35. The Labute approximate surface area is 121 Å². The van der Waals surface area contributed by atoms with Crippen LogP contribution >= 0.6 is 0 Å². The summed E-state index contributed by atoms with van der Waals surface area (Å²) in [5, 5.41) is 3.80. The molecule has 0 amide bonds. The Bertz CT molecular complexity index is 244. The zero-order valence-corrected chi connectivity index (χ0v) is 14.1. The third kappa shape index (κ3) is 5.43. The molecule has 1 fully saturated rings. The van der Waals surface area contributed by atoms with Crippen LogP contribution < -0.4 is 5.32 Å². The molecule has 19 heavy (non-hydrogen) atoms. The lowest BCUT2D eigenvalue weighted by Crippen LogP contribution is -2.47. The SMILES string of the molecule is CCCNC1CCC(C(C)(C)C)CC1CN(C)CC. The van der Waals surface area contributed by atoms with Crippen molar-refractivity contribution in [1.82, 2.24) is 10.2 Å². The third-order valence-electron chi connectivity index (χ3n) is 4.95. The summed E-state index contributed by atoms with van der Waals surface area (Å²) in [5.41, 5.74) is 0.471. The highest BCUT2D eigenvalue weighted by molar-refractivity contribution is 4.90. The van der Waals surface area contributed by atoms with E-state index in [4.69, 9.17) is 0 Å². The molecule has 0 bridgehead atoms. The molecule has 114 valence electrons. The second kappa shape index (κ2) is 7.64. The smallest absolute Gasteiger partial charge is 0.0108 e. The Kier molecular flexibility index (Phi) is 6.82. The van der Waals surface area contributed by atoms with E-state index in [1.807, 2.05) is 0 Å². The van der Waals surface area contributed by atoms with Gasteiger partial charge < -0.3 is 10.2 Å². The van der Waals surface area contributed by atoms with E-state index < -0.39 is 0 Å². The molecule has 2 heteroatoms. The summed E-state index contributed by atoms with van der Waals surface area (Å²) in [6.07, 6.45) is 5.41. The van der Waals surface area contributed by atoms with Crippen LogP contribution in [0.15, 0.2) is 0 Å². The Morgan fingerprint density at radius 2 is 1.84 bits per heavy atom. The van der Waals surface area contributed by atoms with Crippen molar-refractivity contribution >= 4 is 0 Å². The first-order valence-corrected chi connectivity index (χ1v) is 8.30. The van der Waals surface area contributed by atoms with Crippen LogP contribution in [0.5, 0.6) is 0 Å². The van der Waals surface area contributed by atoms with Crippen molar-refractivity contribution in [3.63, 3.8) is 0 Å². The Hall–Kier alpha value is -0.0800. The normalized spacial score (nSPS) is 28.9. The van der Waals surface area contributed by atoms with Crippen LogP contribution in [0.2, 0.25) is 0 Å². The van der Waals surface area contributed by atoms with Gasteiger partial charge in [0.05, 0.1) is 0 Å². The summed E-state index contributed by atoms with van der Waals surface area (Å²) in [7, 11) is 2.26. The second-order valence-corrected chi connectivity index (χ2v) is 7.55. The lowest BCUT2D eigenvalue weighted by Gasteiger charge is -2.43. The average Bonchev–Trinajstić information content (AvgIpc) is 2.35. The third-order valence-corrected chi connectivity index (χ3v) is 4.95. The standard InChI is InChI=1S/C17H36N2/c1-7-11-18-16-10-9-15(17(3,4)5)12-14(16)13-19(6)8-2/h14-16,18H,7-13H2,1-6H3. The van der Waals surface area contributed by atoms with Gasteiger partial charge in [-0.3, -0.25) is 0 Å². The largest absolute Gasteiger partial charge is 0.314 e. The number of hydrogen-bond donors (Lipinski definition) is 1. The van der Waals surface area contributed by atoms with E-state index in [2.05, 4.69) is 51.9 Å². The lowest BCUT2D eigenvalue weighted by atomic mass is 9.67. The van der Waals surface area contributed by atoms with E-state index in [0.717, 1.165) is 24.4 Å². The molecule has 1 N–H and O–H groups in total. The highest BCUT2D eigenvalue weighted by Crippen LogP contribution is 2.40. The minimum Gasteiger partial charge on any atom is -0.314 e. The molecule has 3 unspecified atom stereocenters. The molecule has 0 heterocycles. The minimum absolute atomic E-state index is 0.471. The summed E-state index contributed by atoms with van der Waals surface area (Å²) in [4.78, 5) is 2.48. The van der Waals surface area contributed by atoms with Crippen LogP contribution in [0.3, 0.4) is 0 Å².